The second kappa shape index (κ2) is 9.59. The molecule has 0 aromatic heterocycles. The Morgan fingerprint density at radius 3 is 2.79 bits per heavy atom. The van der Waals surface area contributed by atoms with E-state index in [4.69, 9.17) is 9.47 Å². The van der Waals surface area contributed by atoms with Gasteiger partial charge in [0.15, 0.2) is 0 Å². The van der Waals surface area contributed by atoms with Crippen molar-refractivity contribution in [3.63, 3.8) is 0 Å². The van der Waals surface area contributed by atoms with Crippen LogP contribution in [0.25, 0.3) is 0 Å². The van der Waals surface area contributed by atoms with Gasteiger partial charge < -0.3 is 19.7 Å². The van der Waals surface area contributed by atoms with E-state index in [1.54, 1.807) is 37.3 Å². The van der Waals surface area contributed by atoms with Crippen molar-refractivity contribution in [2.45, 2.75) is 12.8 Å². The molecule has 0 spiro atoms. The molecule has 1 aliphatic rings. The van der Waals surface area contributed by atoms with Gasteiger partial charge in [-0.05, 0) is 36.8 Å². The standard InChI is InChI=1S/C21H24N4O4/c1-28-18-9-8-15(19(12-18)29-2)13-23-24-20(26)14-22-16-5-3-6-17(11-16)25-10-4-7-21(25)27/h3,5-6,8-9,11-13,22H,4,7,10,14H2,1-2H3,(H,24,26)/b23-13-. The molecule has 8 nitrogen and oxygen atoms in total. The number of benzene rings is 2. The average Bonchev–Trinajstić information content (AvgIpc) is 3.18. The predicted molar refractivity (Wildman–Crippen MR) is 112 cm³/mol. The fourth-order valence-corrected chi connectivity index (χ4v) is 3.03. The van der Waals surface area contributed by atoms with Crippen LogP contribution in [0.4, 0.5) is 11.4 Å². The summed E-state index contributed by atoms with van der Waals surface area (Å²) < 4.78 is 10.4. The molecule has 0 unspecified atom stereocenters. The highest BCUT2D eigenvalue weighted by molar-refractivity contribution is 5.95. The third-order valence-electron chi connectivity index (χ3n) is 4.52. The van der Waals surface area contributed by atoms with Crippen LogP contribution in [0.3, 0.4) is 0 Å². The molecule has 1 aliphatic heterocycles. The molecule has 2 N–H and O–H groups in total. The zero-order valence-electron chi connectivity index (χ0n) is 16.5. The molecule has 3 rings (SSSR count). The number of nitrogens with zero attached hydrogens (tertiary/aromatic N) is 2. The Labute approximate surface area is 169 Å². The van der Waals surface area contributed by atoms with E-state index in [2.05, 4.69) is 15.8 Å². The minimum absolute atomic E-state index is 0.0501. The maximum Gasteiger partial charge on any atom is 0.259 e. The second-order valence-corrected chi connectivity index (χ2v) is 6.45. The lowest BCUT2D eigenvalue weighted by molar-refractivity contribution is -0.119. The van der Waals surface area contributed by atoms with E-state index in [0.29, 0.717) is 23.5 Å². The third kappa shape index (κ3) is 5.25. The van der Waals surface area contributed by atoms with Crippen LogP contribution < -0.4 is 25.1 Å². The Balaban J connectivity index is 1.53. The minimum atomic E-state index is -0.295. The van der Waals surface area contributed by atoms with Gasteiger partial charge in [-0.3, -0.25) is 9.59 Å². The van der Waals surface area contributed by atoms with Crippen LogP contribution in [0.1, 0.15) is 18.4 Å². The highest BCUT2D eigenvalue weighted by Crippen LogP contribution is 2.24. The van der Waals surface area contributed by atoms with Gasteiger partial charge in [0.1, 0.15) is 11.5 Å². The molecular weight excluding hydrogens is 372 g/mol. The number of methoxy groups -OCH3 is 2. The van der Waals surface area contributed by atoms with E-state index in [1.807, 2.05) is 24.3 Å². The van der Waals surface area contributed by atoms with Crippen molar-refractivity contribution < 1.29 is 19.1 Å². The number of carbonyl (C=O) groups excluding carboxylic acids is 2. The first kappa shape index (κ1) is 20.2. The summed E-state index contributed by atoms with van der Waals surface area (Å²) in [5, 5.41) is 7.01. The third-order valence-corrected chi connectivity index (χ3v) is 4.52. The van der Waals surface area contributed by atoms with Gasteiger partial charge >= 0.3 is 0 Å². The van der Waals surface area contributed by atoms with Crippen LogP contribution in [-0.2, 0) is 9.59 Å². The van der Waals surface area contributed by atoms with E-state index in [0.717, 1.165) is 24.3 Å². The van der Waals surface area contributed by atoms with Crippen molar-refractivity contribution in [2.24, 2.45) is 5.10 Å². The highest BCUT2D eigenvalue weighted by atomic mass is 16.5. The molecule has 1 saturated heterocycles. The maximum absolute atomic E-state index is 12.1. The molecule has 152 valence electrons. The fraction of sp³-hybridized carbons (Fsp3) is 0.286. The first-order valence-electron chi connectivity index (χ1n) is 9.29. The topological polar surface area (TPSA) is 92.3 Å². The molecule has 0 radical (unpaired) electrons. The number of hydrogen-bond donors (Lipinski definition) is 2. The summed E-state index contributed by atoms with van der Waals surface area (Å²) >= 11 is 0. The molecule has 8 heteroatoms. The molecule has 1 fully saturated rings. The molecule has 2 aromatic carbocycles. The molecule has 0 bridgehead atoms. The summed E-state index contributed by atoms with van der Waals surface area (Å²) in [4.78, 5) is 25.7. The van der Waals surface area contributed by atoms with E-state index in [-0.39, 0.29) is 18.4 Å². The number of anilines is 2. The van der Waals surface area contributed by atoms with E-state index >= 15 is 0 Å². The molecule has 0 atom stereocenters. The highest BCUT2D eigenvalue weighted by Gasteiger charge is 2.21. The van der Waals surface area contributed by atoms with Gasteiger partial charge in [0.25, 0.3) is 5.91 Å². The summed E-state index contributed by atoms with van der Waals surface area (Å²) in [6.07, 6.45) is 2.96. The van der Waals surface area contributed by atoms with Gasteiger partial charge in [-0.1, -0.05) is 6.07 Å². The molecule has 0 saturated carbocycles. The lowest BCUT2D eigenvalue weighted by atomic mass is 10.2. The second-order valence-electron chi connectivity index (χ2n) is 6.45. The lowest BCUT2D eigenvalue weighted by Crippen LogP contribution is -2.26. The average molecular weight is 396 g/mol. The number of rotatable bonds is 8. The molecule has 2 aromatic rings. The van der Waals surface area contributed by atoms with E-state index in [1.165, 1.54) is 6.21 Å². The summed E-state index contributed by atoms with van der Waals surface area (Å²) in [5.74, 6) is 1.10. The first-order valence-corrected chi connectivity index (χ1v) is 9.29. The normalized spacial score (nSPS) is 13.6. The molecule has 29 heavy (non-hydrogen) atoms. The summed E-state index contributed by atoms with van der Waals surface area (Å²) in [7, 11) is 3.13. The van der Waals surface area contributed by atoms with Crippen molar-refractivity contribution in [3.05, 3.63) is 48.0 Å². The number of ether oxygens (including phenoxy) is 2. The molecule has 0 aliphatic carbocycles. The maximum atomic E-state index is 12.1. The number of nitrogens with one attached hydrogen (secondary N) is 2. The number of carbonyl (C=O) groups is 2. The zero-order chi connectivity index (χ0) is 20.6. The SMILES string of the molecule is COc1ccc(/C=N\NC(=O)CNc2cccc(N3CCCC3=O)c2)c(OC)c1. The first-order chi connectivity index (χ1) is 14.1. The van der Waals surface area contributed by atoms with Crippen LogP contribution in [0.2, 0.25) is 0 Å². The number of hydrazone groups is 1. The Bertz CT molecular complexity index is 913. The van der Waals surface area contributed by atoms with E-state index < -0.39 is 0 Å². The Hall–Kier alpha value is -3.55. The van der Waals surface area contributed by atoms with Gasteiger partial charge in [-0.2, -0.15) is 5.10 Å². The lowest BCUT2D eigenvalue weighted by Gasteiger charge is -2.16. The van der Waals surface area contributed by atoms with Gasteiger partial charge in [0.2, 0.25) is 5.91 Å². The minimum Gasteiger partial charge on any atom is -0.497 e. The van der Waals surface area contributed by atoms with Crippen molar-refractivity contribution in [1.82, 2.24) is 5.43 Å². The molecule has 1 heterocycles. The Kier molecular flexibility index (Phi) is 6.67. The Morgan fingerprint density at radius 2 is 2.07 bits per heavy atom. The predicted octanol–water partition coefficient (Wildman–Crippen LogP) is 2.39. The van der Waals surface area contributed by atoms with Crippen LogP contribution in [0.15, 0.2) is 47.6 Å². The van der Waals surface area contributed by atoms with Crippen molar-refractivity contribution in [1.29, 1.82) is 0 Å². The number of amides is 2. The quantitative estimate of drug-likeness (QED) is 0.528. The van der Waals surface area contributed by atoms with Gasteiger partial charge in [-0.25, -0.2) is 5.43 Å². The summed E-state index contributed by atoms with van der Waals surface area (Å²) in [6, 6.07) is 12.8. The smallest absolute Gasteiger partial charge is 0.259 e. The van der Waals surface area contributed by atoms with Crippen molar-refractivity contribution >= 4 is 29.4 Å². The van der Waals surface area contributed by atoms with Gasteiger partial charge in [0, 0.05) is 36.0 Å². The van der Waals surface area contributed by atoms with Crippen LogP contribution in [0.5, 0.6) is 11.5 Å². The Morgan fingerprint density at radius 1 is 1.21 bits per heavy atom. The number of hydrogen-bond acceptors (Lipinski definition) is 6. The largest absolute Gasteiger partial charge is 0.497 e. The molecule has 2 amide bonds. The van der Waals surface area contributed by atoms with Crippen LogP contribution in [-0.4, -0.2) is 45.3 Å². The van der Waals surface area contributed by atoms with Crippen molar-refractivity contribution in [3.8, 4) is 11.5 Å². The summed E-state index contributed by atoms with van der Waals surface area (Å²) in [5.41, 5.74) is 4.79. The zero-order valence-corrected chi connectivity index (χ0v) is 16.5. The van der Waals surface area contributed by atoms with Crippen LogP contribution >= 0.6 is 0 Å². The van der Waals surface area contributed by atoms with Gasteiger partial charge in [-0.15, -0.1) is 0 Å². The van der Waals surface area contributed by atoms with Gasteiger partial charge in [0.05, 0.1) is 27.0 Å². The summed E-state index contributed by atoms with van der Waals surface area (Å²) in [6.45, 7) is 0.779. The fourth-order valence-electron chi connectivity index (χ4n) is 3.03. The van der Waals surface area contributed by atoms with Crippen molar-refractivity contribution in [2.75, 3.05) is 37.5 Å². The van der Waals surface area contributed by atoms with E-state index in [9.17, 15) is 9.59 Å². The monoisotopic (exact) mass is 396 g/mol. The molecular formula is C21H24N4O4. The van der Waals surface area contributed by atoms with Crippen LogP contribution in [0, 0.1) is 0 Å².